The van der Waals surface area contributed by atoms with E-state index in [1.165, 1.54) is 5.57 Å². The number of pyridine rings is 1. The molecule has 1 aliphatic rings. The van der Waals surface area contributed by atoms with Gasteiger partial charge in [0.05, 0.1) is 18.9 Å². The van der Waals surface area contributed by atoms with Crippen LogP contribution in [0.3, 0.4) is 0 Å². The second kappa shape index (κ2) is 4.45. The average Bonchev–Trinajstić information content (AvgIpc) is 2.30. The van der Waals surface area contributed by atoms with Crippen molar-refractivity contribution < 1.29 is 4.74 Å². The van der Waals surface area contributed by atoms with Crippen LogP contribution in [-0.2, 0) is 4.74 Å². The maximum absolute atomic E-state index is 6.19. The monoisotopic (exact) mass is 204 g/mol. The highest BCUT2D eigenvalue weighted by Crippen LogP contribution is 2.26. The summed E-state index contributed by atoms with van der Waals surface area (Å²) in [7, 11) is 0. The molecule has 3 heteroatoms. The molecule has 0 aliphatic carbocycles. The van der Waals surface area contributed by atoms with Crippen LogP contribution in [0.15, 0.2) is 30.3 Å². The highest BCUT2D eigenvalue weighted by atomic mass is 16.5. The second-order valence-corrected chi connectivity index (χ2v) is 3.88. The average molecular weight is 204 g/mol. The Morgan fingerprint density at radius 2 is 2.40 bits per heavy atom. The van der Waals surface area contributed by atoms with Gasteiger partial charge in [0.15, 0.2) is 0 Å². The van der Waals surface area contributed by atoms with E-state index in [0.29, 0.717) is 0 Å². The smallest absolute Gasteiger partial charge is 0.0876 e. The summed E-state index contributed by atoms with van der Waals surface area (Å²) in [5.41, 5.74) is 9.65. The predicted molar refractivity (Wildman–Crippen MR) is 59.2 cm³/mol. The number of hydrogen-bond acceptors (Lipinski definition) is 3. The van der Waals surface area contributed by atoms with Crippen LogP contribution in [0.5, 0.6) is 0 Å². The fraction of sp³-hybridized carbons (Fsp3) is 0.417. The van der Waals surface area contributed by atoms with Crippen molar-refractivity contribution in [1.82, 2.24) is 4.98 Å². The predicted octanol–water partition coefficient (Wildman–Crippen LogP) is 2.08. The standard InChI is InChI=1S/C12H16N2O/c1-9-7-14-5-4-11(9)12(13)10-3-2-6-15-8-10/h4-5,7-8,12H,2-3,6,13H2,1H3. The highest BCUT2D eigenvalue weighted by molar-refractivity contribution is 5.31. The van der Waals surface area contributed by atoms with Crippen molar-refractivity contribution in [3.8, 4) is 0 Å². The molecule has 1 atom stereocenters. The molecule has 0 saturated carbocycles. The van der Waals surface area contributed by atoms with E-state index in [9.17, 15) is 0 Å². The van der Waals surface area contributed by atoms with Gasteiger partial charge in [0.1, 0.15) is 0 Å². The van der Waals surface area contributed by atoms with Crippen LogP contribution >= 0.6 is 0 Å². The molecule has 15 heavy (non-hydrogen) atoms. The summed E-state index contributed by atoms with van der Waals surface area (Å²) < 4.78 is 5.31. The van der Waals surface area contributed by atoms with E-state index in [1.54, 1.807) is 6.20 Å². The van der Waals surface area contributed by atoms with Crippen molar-refractivity contribution in [2.45, 2.75) is 25.8 Å². The zero-order chi connectivity index (χ0) is 10.7. The van der Waals surface area contributed by atoms with Gasteiger partial charge in [0.2, 0.25) is 0 Å². The molecule has 80 valence electrons. The molecule has 1 aliphatic heterocycles. The third kappa shape index (κ3) is 2.18. The molecule has 2 N–H and O–H groups in total. The SMILES string of the molecule is Cc1cnccc1C(N)C1=COCCC1. The van der Waals surface area contributed by atoms with Crippen LogP contribution in [0.2, 0.25) is 0 Å². The summed E-state index contributed by atoms with van der Waals surface area (Å²) in [6, 6.07) is 1.93. The molecule has 1 unspecified atom stereocenters. The van der Waals surface area contributed by atoms with Crippen molar-refractivity contribution in [3.63, 3.8) is 0 Å². The van der Waals surface area contributed by atoms with Gasteiger partial charge >= 0.3 is 0 Å². The molecule has 0 spiro atoms. The third-order valence-electron chi connectivity index (χ3n) is 2.76. The topological polar surface area (TPSA) is 48.1 Å². The van der Waals surface area contributed by atoms with Crippen molar-refractivity contribution in [1.29, 1.82) is 0 Å². The first-order valence-corrected chi connectivity index (χ1v) is 5.25. The Bertz CT molecular complexity index is 374. The summed E-state index contributed by atoms with van der Waals surface area (Å²) in [4.78, 5) is 4.07. The zero-order valence-corrected chi connectivity index (χ0v) is 8.94. The summed E-state index contributed by atoms with van der Waals surface area (Å²) >= 11 is 0. The van der Waals surface area contributed by atoms with Crippen LogP contribution in [0, 0.1) is 6.92 Å². The molecule has 0 amide bonds. The number of aromatic nitrogens is 1. The van der Waals surface area contributed by atoms with Gasteiger partial charge in [0.25, 0.3) is 0 Å². The minimum atomic E-state index is -0.0479. The number of rotatable bonds is 2. The van der Waals surface area contributed by atoms with Crippen LogP contribution in [0.4, 0.5) is 0 Å². The molecular weight excluding hydrogens is 188 g/mol. The molecule has 0 saturated heterocycles. The van der Waals surface area contributed by atoms with Crippen molar-refractivity contribution in [3.05, 3.63) is 41.4 Å². The Morgan fingerprint density at radius 1 is 1.53 bits per heavy atom. The third-order valence-corrected chi connectivity index (χ3v) is 2.76. The van der Waals surface area contributed by atoms with Gasteiger partial charge in [-0.3, -0.25) is 4.98 Å². The minimum absolute atomic E-state index is 0.0479. The van der Waals surface area contributed by atoms with Crippen LogP contribution in [0.25, 0.3) is 0 Å². The van der Waals surface area contributed by atoms with Gasteiger partial charge in [-0.05, 0) is 42.5 Å². The molecule has 3 nitrogen and oxygen atoms in total. The Balaban J connectivity index is 2.23. The first kappa shape index (κ1) is 10.2. The number of nitrogens with two attached hydrogens (primary N) is 1. The number of hydrogen-bond donors (Lipinski definition) is 1. The van der Waals surface area contributed by atoms with E-state index < -0.39 is 0 Å². The molecule has 1 aromatic rings. The normalized spacial score (nSPS) is 17.9. The van der Waals surface area contributed by atoms with E-state index in [2.05, 4.69) is 4.98 Å². The Morgan fingerprint density at radius 3 is 3.07 bits per heavy atom. The van der Waals surface area contributed by atoms with E-state index in [0.717, 1.165) is 30.6 Å². The van der Waals surface area contributed by atoms with Gasteiger partial charge in [0, 0.05) is 12.4 Å². The van der Waals surface area contributed by atoms with Gasteiger partial charge in [-0.2, -0.15) is 0 Å². The zero-order valence-electron chi connectivity index (χ0n) is 8.94. The maximum Gasteiger partial charge on any atom is 0.0876 e. The second-order valence-electron chi connectivity index (χ2n) is 3.88. The lowest BCUT2D eigenvalue weighted by Gasteiger charge is -2.21. The molecule has 0 bridgehead atoms. The summed E-state index contributed by atoms with van der Waals surface area (Å²) in [5, 5.41) is 0. The molecule has 0 aromatic carbocycles. The lowest BCUT2D eigenvalue weighted by atomic mass is 9.94. The largest absolute Gasteiger partial charge is 0.501 e. The Labute approximate surface area is 90.0 Å². The lowest BCUT2D eigenvalue weighted by molar-refractivity contribution is 0.221. The molecular formula is C12H16N2O. The first-order chi connectivity index (χ1) is 7.29. The molecule has 2 heterocycles. The van der Waals surface area contributed by atoms with E-state index in [4.69, 9.17) is 10.5 Å². The van der Waals surface area contributed by atoms with Crippen LogP contribution in [0.1, 0.15) is 30.0 Å². The fourth-order valence-corrected chi connectivity index (χ4v) is 1.85. The number of ether oxygens (including phenoxy) is 1. The number of aryl methyl sites for hydroxylation is 1. The highest BCUT2D eigenvalue weighted by Gasteiger charge is 2.16. The molecule has 0 fully saturated rings. The quantitative estimate of drug-likeness (QED) is 0.802. The molecule has 0 radical (unpaired) electrons. The van der Waals surface area contributed by atoms with Gasteiger partial charge in [-0.1, -0.05) is 0 Å². The van der Waals surface area contributed by atoms with Crippen molar-refractivity contribution >= 4 is 0 Å². The van der Waals surface area contributed by atoms with Gasteiger partial charge in [-0.15, -0.1) is 0 Å². The minimum Gasteiger partial charge on any atom is -0.501 e. The van der Waals surface area contributed by atoms with E-state index in [1.807, 2.05) is 25.4 Å². The summed E-state index contributed by atoms with van der Waals surface area (Å²) in [6.07, 6.45) is 7.53. The van der Waals surface area contributed by atoms with Crippen molar-refractivity contribution in [2.24, 2.45) is 5.73 Å². The Hall–Kier alpha value is -1.35. The van der Waals surface area contributed by atoms with Gasteiger partial charge in [-0.25, -0.2) is 0 Å². The first-order valence-electron chi connectivity index (χ1n) is 5.25. The number of nitrogens with zero attached hydrogens (tertiary/aromatic N) is 1. The van der Waals surface area contributed by atoms with Crippen molar-refractivity contribution in [2.75, 3.05) is 6.61 Å². The van der Waals surface area contributed by atoms with Crippen LogP contribution in [-0.4, -0.2) is 11.6 Å². The van der Waals surface area contributed by atoms with Crippen LogP contribution < -0.4 is 5.73 Å². The molecule has 1 aromatic heterocycles. The van der Waals surface area contributed by atoms with E-state index >= 15 is 0 Å². The summed E-state index contributed by atoms with van der Waals surface area (Å²) in [6.45, 7) is 2.85. The maximum atomic E-state index is 6.19. The van der Waals surface area contributed by atoms with Gasteiger partial charge < -0.3 is 10.5 Å². The Kier molecular flexibility index (Phi) is 3.02. The molecule has 2 rings (SSSR count). The lowest BCUT2D eigenvalue weighted by Crippen LogP contribution is -2.17. The van der Waals surface area contributed by atoms with E-state index in [-0.39, 0.29) is 6.04 Å². The summed E-state index contributed by atoms with van der Waals surface area (Å²) in [5.74, 6) is 0. The fourth-order valence-electron chi connectivity index (χ4n) is 1.85.